The fourth-order valence-electron chi connectivity index (χ4n) is 0.401. The lowest BCUT2D eigenvalue weighted by atomic mass is 10.6. The van der Waals surface area contributed by atoms with E-state index in [4.69, 9.17) is 5.73 Å². The van der Waals surface area contributed by atoms with E-state index >= 15 is 0 Å². The van der Waals surface area contributed by atoms with Gasteiger partial charge in [0.15, 0.2) is 0 Å². The number of hydrogen-bond donors (Lipinski definition) is 1. The molecule has 66 valence electrons. The van der Waals surface area contributed by atoms with Crippen LogP contribution in [0.15, 0.2) is 0 Å². The summed E-state index contributed by atoms with van der Waals surface area (Å²) in [6, 6.07) is 0. The Balaban J connectivity index is 4.26. The van der Waals surface area contributed by atoms with Crippen molar-refractivity contribution in [1.29, 1.82) is 0 Å². The molecule has 11 heavy (non-hydrogen) atoms. The van der Waals surface area contributed by atoms with Crippen LogP contribution in [0.1, 0.15) is 0 Å². The Morgan fingerprint density at radius 2 is 2.09 bits per heavy atom. The summed E-state index contributed by atoms with van der Waals surface area (Å²) < 4.78 is 22.5. The van der Waals surface area contributed by atoms with Crippen molar-refractivity contribution in [3.63, 3.8) is 0 Å². The fourth-order valence-corrected chi connectivity index (χ4v) is 1.94. The third-order valence-corrected chi connectivity index (χ3v) is 4.08. The van der Waals surface area contributed by atoms with Crippen LogP contribution in [0, 0.1) is 0 Å². The van der Waals surface area contributed by atoms with Crippen LogP contribution in [0.3, 0.4) is 0 Å². The normalized spacial score (nSPS) is 11.9. The van der Waals surface area contributed by atoms with Crippen molar-refractivity contribution in [2.45, 2.75) is 0 Å². The summed E-state index contributed by atoms with van der Waals surface area (Å²) in [7, 11) is -2.05. The minimum Gasteiger partial charge on any atom is -0.369 e. The zero-order chi connectivity index (χ0) is 9.07. The summed E-state index contributed by atoms with van der Waals surface area (Å²) >= 11 is 2.78. The molecule has 0 aliphatic heterocycles. The van der Waals surface area contributed by atoms with Crippen LogP contribution in [0.5, 0.6) is 0 Å². The predicted molar refractivity (Wildman–Crippen MR) is 44.5 cm³/mol. The molecule has 0 aromatic rings. The second kappa shape index (κ2) is 4.03. The molecular formula is C4H9BrN2O3S. The van der Waals surface area contributed by atoms with Gasteiger partial charge in [0.1, 0.15) is 4.66 Å². The molecule has 0 aliphatic rings. The van der Waals surface area contributed by atoms with E-state index in [1.165, 1.54) is 7.05 Å². The van der Waals surface area contributed by atoms with E-state index in [2.05, 4.69) is 15.9 Å². The van der Waals surface area contributed by atoms with Gasteiger partial charge in [0.25, 0.3) is 0 Å². The van der Waals surface area contributed by atoms with Crippen LogP contribution >= 0.6 is 15.9 Å². The SMILES string of the molecule is CN(CC(N)=O)S(=O)(=O)CBr. The standard InChI is InChI=1S/C4H9BrN2O3S/c1-7(2-4(6)8)11(9,10)3-5/h2-3H2,1H3,(H2,6,8). The van der Waals surface area contributed by atoms with E-state index in [1.807, 2.05) is 0 Å². The molecule has 5 nitrogen and oxygen atoms in total. The van der Waals surface area contributed by atoms with Gasteiger partial charge in [0.05, 0.1) is 6.54 Å². The van der Waals surface area contributed by atoms with Crippen molar-refractivity contribution < 1.29 is 13.2 Å². The minimum absolute atomic E-state index is 0.205. The number of nitrogens with two attached hydrogens (primary N) is 1. The van der Waals surface area contributed by atoms with Gasteiger partial charge in [-0.25, -0.2) is 8.42 Å². The number of primary amides is 1. The first-order valence-electron chi connectivity index (χ1n) is 2.68. The lowest BCUT2D eigenvalue weighted by Crippen LogP contribution is -2.35. The molecule has 0 unspecified atom stereocenters. The number of sulfonamides is 1. The summed E-state index contributed by atoms with van der Waals surface area (Å²) in [6.07, 6.45) is 0. The van der Waals surface area contributed by atoms with E-state index in [9.17, 15) is 13.2 Å². The van der Waals surface area contributed by atoms with Gasteiger partial charge in [-0.2, -0.15) is 4.31 Å². The van der Waals surface area contributed by atoms with Crippen LogP contribution in [0.25, 0.3) is 0 Å². The molecule has 0 saturated carbocycles. The Labute approximate surface area is 73.7 Å². The number of halogens is 1. The Morgan fingerprint density at radius 3 is 2.36 bits per heavy atom. The number of rotatable bonds is 4. The zero-order valence-electron chi connectivity index (χ0n) is 5.95. The van der Waals surface area contributed by atoms with E-state index < -0.39 is 15.9 Å². The van der Waals surface area contributed by atoms with Crippen molar-refractivity contribution in [1.82, 2.24) is 4.31 Å². The Kier molecular flexibility index (Phi) is 3.98. The maximum absolute atomic E-state index is 10.9. The molecule has 0 fully saturated rings. The van der Waals surface area contributed by atoms with Crippen molar-refractivity contribution in [2.24, 2.45) is 5.73 Å². The molecule has 0 rings (SSSR count). The predicted octanol–water partition coefficient (Wildman–Crippen LogP) is -0.914. The van der Waals surface area contributed by atoms with Crippen LogP contribution in [-0.4, -0.2) is 36.9 Å². The topological polar surface area (TPSA) is 80.5 Å². The molecule has 7 heteroatoms. The first kappa shape index (κ1) is 10.9. The van der Waals surface area contributed by atoms with Gasteiger partial charge in [-0.3, -0.25) is 4.79 Å². The van der Waals surface area contributed by atoms with Gasteiger partial charge in [-0.1, -0.05) is 15.9 Å². The van der Waals surface area contributed by atoms with Gasteiger partial charge in [0.2, 0.25) is 15.9 Å². The molecule has 0 bridgehead atoms. The zero-order valence-corrected chi connectivity index (χ0v) is 8.35. The summed E-state index contributed by atoms with van der Waals surface area (Å²) in [5, 5.41) is 0. The summed E-state index contributed by atoms with van der Waals surface area (Å²) in [5.74, 6) is -0.669. The van der Waals surface area contributed by atoms with Gasteiger partial charge in [0, 0.05) is 7.05 Å². The highest BCUT2D eigenvalue weighted by Crippen LogP contribution is 2.00. The largest absolute Gasteiger partial charge is 0.369 e. The van der Waals surface area contributed by atoms with E-state index in [0.29, 0.717) is 0 Å². The smallest absolute Gasteiger partial charge is 0.232 e. The number of alkyl halides is 1. The third-order valence-electron chi connectivity index (χ3n) is 0.991. The first-order valence-corrected chi connectivity index (χ1v) is 5.41. The number of nitrogens with zero attached hydrogens (tertiary/aromatic N) is 1. The summed E-state index contributed by atoms with van der Waals surface area (Å²) in [4.78, 5) is 10.3. The average molecular weight is 245 g/mol. The fraction of sp³-hybridized carbons (Fsp3) is 0.750. The number of carbonyl (C=O) groups is 1. The van der Waals surface area contributed by atoms with Gasteiger partial charge in [-0.05, 0) is 0 Å². The van der Waals surface area contributed by atoms with Crippen molar-refractivity contribution >= 4 is 31.9 Å². The van der Waals surface area contributed by atoms with Crippen LogP contribution < -0.4 is 5.73 Å². The van der Waals surface area contributed by atoms with Gasteiger partial charge < -0.3 is 5.73 Å². The monoisotopic (exact) mass is 244 g/mol. The van der Waals surface area contributed by atoms with Crippen LogP contribution in [-0.2, 0) is 14.8 Å². The molecule has 2 N–H and O–H groups in total. The van der Waals surface area contributed by atoms with E-state index in [-0.39, 0.29) is 11.2 Å². The number of carbonyl (C=O) groups excluding carboxylic acids is 1. The molecule has 0 spiro atoms. The molecule has 0 heterocycles. The number of hydrogen-bond acceptors (Lipinski definition) is 3. The molecular weight excluding hydrogens is 236 g/mol. The lowest BCUT2D eigenvalue weighted by molar-refractivity contribution is -0.118. The van der Waals surface area contributed by atoms with Crippen LogP contribution in [0.2, 0.25) is 0 Å². The van der Waals surface area contributed by atoms with Crippen molar-refractivity contribution in [3.05, 3.63) is 0 Å². The third kappa shape index (κ3) is 3.68. The highest BCUT2D eigenvalue weighted by Gasteiger charge is 2.16. The summed E-state index contributed by atoms with van der Waals surface area (Å²) in [5.41, 5.74) is 4.78. The minimum atomic E-state index is -3.34. The van der Waals surface area contributed by atoms with E-state index in [1.54, 1.807) is 0 Å². The lowest BCUT2D eigenvalue weighted by Gasteiger charge is -2.12. The van der Waals surface area contributed by atoms with E-state index in [0.717, 1.165) is 4.31 Å². The highest BCUT2D eigenvalue weighted by atomic mass is 79.9. The Hall–Kier alpha value is -0.140. The number of likely N-dealkylation sites (N-methyl/N-ethyl adjacent to an activating group) is 1. The molecule has 0 aromatic heterocycles. The molecule has 0 atom stereocenters. The highest BCUT2D eigenvalue weighted by molar-refractivity contribution is 9.10. The van der Waals surface area contributed by atoms with Crippen LogP contribution in [0.4, 0.5) is 0 Å². The number of amides is 1. The molecule has 0 aromatic carbocycles. The molecule has 0 radical (unpaired) electrons. The van der Waals surface area contributed by atoms with Gasteiger partial charge in [-0.15, -0.1) is 0 Å². The molecule has 0 aliphatic carbocycles. The van der Waals surface area contributed by atoms with Crippen molar-refractivity contribution in [2.75, 3.05) is 18.3 Å². The van der Waals surface area contributed by atoms with Crippen molar-refractivity contribution in [3.8, 4) is 0 Å². The average Bonchev–Trinajstić information content (AvgIpc) is 1.86. The molecule has 1 amide bonds. The molecule has 0 saturated heterocycles. The summed E-state index contributed by atoms with van der Waals surface area (Å²) in [6.45, 7) is -0.284. The maximum atomic E-state index is 10.9. The second-order valence-corrected chi connectivity index (χ2v) is 5.32. The second-order valence-electron chi connectivity index (χ2n) is 1.94. The quantitative estimate of drug-likeness (QED) is 0.651. The first-order chi connectivity index (χ1) is 4.90. The van der Waals surface area contributed by atoms with Gasteiger partial charge >= 0.3 is 0 Å². The maximum Gasteiger partial charge on any atom is 0.232 e. The Morgan fingerprint density at radius 1 is 1.64 bits per heavy atom. The Bertz CT molecular complexity index is 238.